The van der Waals surface area contributed by atoms with Crippen molar-refractivity contribution in [2.75, 3.05) is 37.7 Å². The summed E-state index contributed by atoms with van der Waals surface area (Å²) in [5.74, 6) is 0.0405. The Labute approximate surface area is 131 Å². The van der Waals surface area contributed by atoms with Crippen molar-refractivity contribution < 1.29 is 14.3 Å². The molecule has 0 aliphatic carbocycles. The first-order valence-electron chi connectivity index (χ1n) is 7.84. The fourth-order valence-corrected chi connectivity index (χ4v) is 2.56. The Morgan fingerprint density at radius 2 is 1.82 bits per heavy atom. The monoisotopic (exact) mass is 304 g/mol. The first kappa shape index (κ1) is 16.5. The zero-order valence-corrected chi connectivity index (χ0v) is 13.4. The Bertz CT molecular complexity index is 507. The number of ether oxygens (including phenoxy) is 1. The van der Waals surface area contributed by atoms with Crippen molar-refractivity contribution in [3.05, 3.63) is 29.8 Å². The maximum Gasteiger partial charge on any atom is 0.224 e. The quantitative estimate of drug-likeness (QED) is 0.834. The molecule has 1 fully saturated rings. The number of hydrogen-bond acceptors (Lipinski definition) is 3. The van der Waals surface area contributed by atoms with Crippen LogP contribution in [0, 0.1) is 0 Å². The second-order valence-electron chi connectivity index (χ2n) is 5.43. The Hall–Kier alpha value is -1.88. The molecule has 1 aliphatic rings. The zero-order valence-electron chi connectivity index (χ0n) is 13.4. The number of benzene rings is 1. The van der Waals surface area contributed by atoms with Gasteiger partial charge in [0.2, 0.25) is 11.8 Å². The van der Waals surface area contributed by atoms with Crippen LogP contribution in [0.1, 0.15) is 25.8 Å². The van der Waals surface area contributed by atoms with Gasteiger partial charge in [-0.05, 0) is 24.1 Å². The van der Waals surface area contributed by atoms with Gasteiger partial charge in [-0.2, -0.15) is 0 Å². The van der Waals surface area contributed by atoms with E-state index in [2.05, 4.69) is 6.92 Å². The van der Waals surface area contributed by atoms with Gasteiger partial charge < -0.3 is 14.5 Å². The van der Waals surface area contributed by atoms with Crippen molar-refractivity contribution in [2.45, 2.75) is 26.7 Å². The molecule has 0 N–H and O–H groups in total. The number of hydrogen-bond donors (Lipinski definition) is 0. The topological polar surface area (TPSA) is 49.9 Å². The van der Waals surface area contributed by atoms with Crippen molar-refractivity contribution in [1.29, 1.82) is 0 Å². The molecule has 0 spiro atoms. The number of morpholine rings is 1. The van der Waals surface area contributed by atoms with E-state index in [1.807, 2.05) is 29.2 Å². The number of amides is 2. The number of carbonyl (C=O) groups is 2. The lowest BCUT2D eigenvalue weighted by atomic mass is 10.1. The van der Waals surface area contributed by atoms with Crippen LogP contribution >= 0.6 is 0 Å². The molecule has 1 aromatic rings. The molecule has 0 bridgehead atoms. The van der Waals surface area contributed by atoms with Gasteiger partial charge in [0.15, 0.2) is 0 Å². The van der Waals surface area contributed by atoms with E-state index in [-0.39, 0.29) is 11.8 Å². The Balaban J connectivity index is 1.96. The molecule has 1 aliphatic heterocycles. The summed E-state index contributed by atoms with van der Waals surface area (Å²) in [6.45, 7) is 6.53. The lowest BCUT2D eigenvalue weighted by Gasteiger charge is -2.28. The smallest absolute Gasteiger partial charge is 0.224 e. The molecule has 0 saturated carbocycles. The summed E-state index contributed by atoms with van der Waals surface area (Å²) in [5.41, 5.74) is 2.08. The summed E-state index contributed by atoms with van der Waals surface area (Å²) in [5, 5.41) is 0. The van der Waals surface area contributed by atoms with Crippen molar-refractivity contribution >= 4 is 17.5 Å². The third kappa shape index (κ3) is 4.31. The van der Waals surface area contributed by atoms with Crippen LogP contribution in [-0.2, 0) is 20.7 Å². The average Bonchev–Trinajstić information content (AvgIpc) is 2.56. The predicted molar refractivity (Wildman–Crippen MR) is 85.9 cm³/mol. The number of rotatable bonds is 5. The van der Waals surface area contributed by atoms with Gasteiger partial charge in [0.25, 0.3) is 0 Å². The Kier molecular flexibility index (Phi) is 5.95. The summed E-state index contributed by atoms with van der Waals surface area (Å²) in [4.78, 5) is 27.5. The maximum absolute atomic E-state index is 12.2. The van der Waals surface area contributed by atoms with Gasteiger partial charge in [-0.25, -0.2) is 0 Å². The molecule has 120 valence electrons. The van der Waals surface area contributed by atoms with Crippen molar-refractivity contribution in [2.24, 2.45) is 0 Å². The lowest BCUT2D eigenvalue weighted by Crippen LogP contribution is -2.42. The van der Waals surface area contributed by atoms with Crippen molar-refractivity contribution in [1.82, 2.24) is 4.90 Å². The van der Waals surface area contributed by atoms with Crippen LogP contribution in [0.15, 0.2) is 24.3 Å². The van der Waals surface area contributed by atoms with Gasteiger partial charge in [0.05, 0.1) is 13.2 Å². The molecule has 2 amide bonds. The summed E-state index contributed by atoms with van der Waals surface area (Å²) in [6, 6.07) is 7.93. The minimum Gasteiger partial charge on any atom is -0.378 e. The second kappa shape index (κ2) is 7.94. The molecule has 0 aromatic heterocycles. The largest absolute Gasteiger partial charge is 0.378 e. The summed E-state index contributed by atoms with van der Waals surface area (Å²) in [7, 11) is 0. The fraction of sp³-hybridized carbons (Fsp3) is 0.529. The molecule has 5 heteroatoms. The number of carbonyl (C=O) groups excluding carboxylic acids is 2. The van der Waals surface area contributed by atoms with Gasteiger partial charge in [-0.15, -0.1) is 0 Å². The van der Waals surface area contributed by atoms with Gasteiger partial charge in [0, 0.05) is 38.7 Å². The number of anilines is 1. The molecule has 5 nitrogen and oxygen atoms in total. The lowest BCUT2D eigenvalue weighted by molar-refractivity contribution is -0.135. The molecule has 0 atom stereocenters. The first-order chi connectivity index (χ1) is 10.6. The molecular weight excluding hydrogens is 280 g/mol. The third-order valence-corrected chi connectivity index (χ3v) is 3.95. The van der Waals surface area contributed by atoms with Gasteiger partial charge in [-0.1, -0.05) is 19.1 Å². The number of nitrogens with zero attached hydrogens (tertiary/aromatic N) is 2. The normalized spacial score (nSPS) is 14.7. The molecule has 0 unspecified atom stereocenters. The van der Waals surface area contributed by atoms with E-state index in [1.54, 1.807) is 4.90 Å². The van der Waals surface area contributed by atoms with Gasteiger partial charge in [-0.3, -0.25) is 9.59 Å². The zero-order chi connectivity index (χ0) is 15.9. The van der Waals surface area contributed by atoms with Crippen molar-refractivity contribution in [3.8, 4) is 0 Å². The highest BCUT2D eigenvalue weighted by molar-refractivity contribution is 5.92. The molecule has 2 rings (SSSR count). The molecular formula is C17H24N2O3. The highest BCUT2D eigenvalue weighted by Crippen LogP contribution is 2.17. The number of aryl methyl sites for hydroxylation is 1. The van der Waals surface area contributed by atoms with Crippen LogP contribution in [0.25, 0.3) is 0 Å². The van der Waals surface area contributed by atoms with E-state index < -0.39 is 0 Å². The summed E-state index contributed by atoms with van der Waals surface area (Å²) < 4.78 is 5.25. The highest BCUT2D eigenvalue weighted by Gasteiger charge is 2.19. The predicted octanol–water partition coefficient (Wildman–Crippen LogP) is 1.85. The second-order valence-corrected chi connectivity index (χ2v) is 5.43. The van der Waals surface area contributed by atoms with E-state index in [4.69, 9.17) is 4.74 Å². The van der Waals surface area contributed by atoms with E-state index in [0.717, 1.165) is 12.1 Å². The van der Waals surface area contributed by atoms with Gasteiger partial charge in [0.1, 0.15) is 0 Å². The van der Waals surface area contributed by atoms with Crippen LogP contribution in [-0.4, -0.2) is 49.6 Å². The van der Waals surface area contributed by atoms with Crippen LogP contribution < -0.4 is 4.90 Å². The molecule has 22 heavy (non-hydrogen) atoms. The first-order valence-corrected chi connectivity index (χ1v) is 7.84. The van der Waals surface area contributed by atoms with E-state index in [9.17, 15) is 9.59 Å². The molecule has 1 saturated heterocycles. The summed E-state index contributed by atoms with van der Waals surface area (Å²) >= 11 is 0. The minimum atomic E-state index is -0.0426. The highest BCUT2D eigenvalue weighted by atomic mass is 16.5. The third-order valence-electron chi connectivity index (χ3n) is 3.95. The Morgan fingerprint density at radius 1 is 1.18 bits per heavy atom. The molecule has 1 heterocycles. The SMILES string of the molecule is CCc1ccc(N(CCC(=O)N2CCOCC2)C(C)=O)cc1. The minimum absolute atomic E-state index is 0.0426. The Morgan fingerprint density at radius 3 is 2.36 bits per heavy atom. The summed E-state index contributed by atoms with van der Waals surface area (Å²) in [6.07, 6.45) is 1.31. The van der Waals surface area contributed by atoms with Crippen molar-refractivity contribution in [3.63, 3.8) is 0 Å². The fourth-order valence-electron chi connectivity index (χ4n) is 2.56. The van der Waals surface area contributed by atoms with E-state index in [0.29, 0.717) is 39.3 Å². The van der Waals surface area contributed by atoms with Crippen LogP contribution in [0.4, 0.5) is 5.69 Å². The van der Waals surface area contributed by atoms with E-state index in [1.165, 1.54) is 12.5 Å². The average molecular weight is 304 g/mol. The standard InChI is InChI=1S/C17H24N2O3/c1-3-15-4-6-16(7-5-15)19(14(2)20)9-8-17(21)18-10-12-22-13-11-18/h4-7H,3,8-13H2,1-2H3. The maximum atomic E-state index is 12.2. The molecule has 1 aromatic carbocycles. The van der Waals surface area contributed by atoms with Crippen LogP contribution in [0.3, 0.4) is 0 Å². The van der Waals surface area contributed by atoms with Crippen LogP contribution in [0.5, 0.6) is 0 Å². The van der Waals surface area contributed by atoms with Gasteiger partial charge >= 0.3 is 0 Å². The molecule has 0 radical (unpaired) electrons. The van der Waals surface area contributed by atoms with Crippen LogP contribution in [0.2, 0.25) is 0 Å². The van der Waals surface area contributed by atoms with E-state index >= 15 is 0 Å².